The van der Waals surface area contributed by atoms with E-state index in [1.807, 2.05) is 38.2 Å². The van der Waals surface area contributed by atoms with Gasteiger partial charge in [0.15, 0.2) is 0 Å². The summed E-state index contributed by atoms with van der Waals surface area (Å²) < 4.78 is 5.39. The third kappa shape index (κ3) is 3.64. The number of pyridine rings is 1. The number of benzene rings is 1. The highest BCUT2D eigenvalue weighted by atomic mass is 16.5. The Balaban J connectivity index is 1.50. The van der Waals surface area contributed by atoms with Crippen LogP contribution in [-0.2, 0) is 11.3 Å². The van der Waals surface area contributed by atoms with Crippen molar-refractivity contribution in [2.24, 2.45) is 0 Å². The van der Waals surface area contributed by atoms with Gasteiger partial charge in [0.1, 0.15) is 13.5 Å². The normalized spacial score (nSPS) is 15.2. The number of carbonyl (C=O) groups excluding carboxylic acids is 1. The third-order valence-electron chi connectivity index (χ3n) is 4.67. The van der Waals surface area contributed by atoms with Gasteiger partial charge in [0, 0.05) is 36.3 Å². The minimum absolute atomic E-state index is 0.117. The molecule has 2 N–H and O–H groups in total. The quantitative estimate of drug-likeness (QED) is 0.688. The molecular weight excluding hydrogens is 327 g/mol. The van der Waals surface area contributed by atoms with E-state index in [1.54, 1.807) is 6.20 Å². The van der Waals surface area contributed by atoms with Crippen molar-refractivity contribution in [2.45, 2.75) is 6.54 Å². The monoisotopic (exact) mass is 348 g/mol. The van der Waals surface area contributed by atoms with E-state index in [0.29, 0.717) is 11.3 Å². The molecule has 0 saturated carbocycles. The molecule has 1 amide bonds. The lowest BCUT2D eigenvalue weighted by atomic mass is 9.90. The number of nitrogens with zero attached hydrogens (tertiary/aromatic N) is 2. The molecule has 1 fully saturated rings. The SMILES string of the molecule is Bc1ccccc1C(=O)Nc1cnc2[nH]c(CN3CCOCC3)cc2c1. The van der Waals surface area contributed by atoms with Crippen molar-refractivity contribution in [3.05, 3.63) is 53.9 Å². The van der Waals surface area contributed by atoms with Gasteiger partial charge in [0.2, 0.25) is 0 Å². The van der Waals surface area contributed by atoms with Crippen LogP contribution < -0.4 is 10.8 Å². The molecule has 26 heavy (non-hydrogen) atoms. The number of nitrogens with one attached hydrogen (secondary N) is 2. The Morgan fingerprint density at radius 2 is 2.08 bits per heavy atom. The fourth-order valence-electron chi connectivity index (χ4n) is 3.25. The summed E-state index contributed by atoms with van der Waals surface area (Å²) in [7, 11) is 1.93. The minimum atomic E-state index is -0.117. The maximum absolute atomic E-state index is 12.5. The molecule has 4 rings (SSSR count). The highest BCUT2D eigenvalue weighted by Crippen LogP contribution is 2.19. The van der Waals surface area contributed by atoms with Crippen LogP contribution in [0, 0.1) is 0 Å². The van der Waals surface area contributed by atoms with Crippen LogP contribution in [0.25, 0.3) is 11.0 Å². The smallest absolute Gasteiger partial charge is 0.255 e. The van der Waals surface area contributed by atoms with E-state index in [0.717, 1.165) is 55.0 Å². The Morgan fingerprint density at radius 3 is 2.88 bits per heavy atom. The van der Waals surface area contributed by atoms with Crippen molar-refractivity contribution in [1.29, 1.82) is 0 Å². The van der Waals surface area contributed by atoms with E-state index in [-0.39, 0.29) is 5.91 Å². The molecule has 0 unspecified atom stereocenters. The van der Waals surface area contributed by atoms with Crippen LogP contribution in [0.4, 0.5) is 5.69 Å². The van der Waals surface area contributed by atoms with Crippen molar-refractivity contribution in [2.75, 3.05) is 31.6 Å². The number of hydrogen-bond donors (Lipinski definition) is 2. The summed E-state index contributed by atoms with van der Waals surface area (Å²) in [6.45, 7) is 4.31. The van der Waals surface area contributed by atoms with Crippen molar-refractivity contribution < 1.29 is 9.53 Å². The van der Waals surface area contributed by atoms with E-state index in [2.05, 4.69) is 26.3 Å². The molecule has 0 aliphatic carbocycles. The molecular formula is C19H21BN4O2. The van der Waals surface area contributed by atoms with Gasteiger partial charge in [-0.2, -0.15) is 0 Å². The van der Waals surface area contributed by atoms with E-state index < -0.39 is 0 Å². The summed E-state index contributed by atoms with van der Waals surface area (Å²) in [4.78, 5) is 22.6. The molecule has 6 nitrogen and oxygen atoms in total. The second-order valence-electron chi connectivity index (χ2n) is 6.61. The predicted octanol–water partition coefficient (Wildman–Crippen LogP) is 0.906. The number of morpholine rings is 1. The van der Waals surface area contributed by atoms with Crippen molar-refractivity contribution >= 4 is 35.9 Å². The van der Waals surface area contributed by atoms with Gasteiger partial charge in [-0.15, -0.1) is 0 Å². The lowest BCUT2D eigenvalue weighted by Crippen LogP contribution is -2.35. The molecule has 0 spiro atoms. The number of anilines is 1. The standard InChI is InChI=1S/C19H21BN4O2/c20-17-4-2-1-3-16(17)19(25)23-14-9-13-10-15(22-18(13)21-11-14)12-24-5-7-26-8-6-24/h1-4,9-11H,5-8,12,20H2,(H,21,22)(H,23,25). The predicted molar refractivity (Wildman–Crippen MR) is 105 cm³/mol. The first-order valence-electron chi connectivity index (χ1n) is 8.84. The van der Waals surface area contributed by atoms with Gasteiger partial charge in [-0.1, -0.05) is 29.7 Å². The van der Waals surface area contributed by atoms with E-state index in [1.165, 1.54) is 0 Å². The van der Waals surface area contributed by atoms with Crippen LogP contribution in [0.1, 0.15) is 16.1 Å². The van der Waals surface area contributed by atoms with E-state index >= 15 is 0 Å². The van der Waals surface area contributed by atoms with Gasteiger partial charge in [-0.05, 0) is 12.1 Å². The van der Waals surface area contributed by atoms with Crippen LogP contribution >= 0.6 is 0 Å². The number of ether oxygens (including phenoxy) is 1. The van der Waals surface area contributed by atoms with Gasteiger partial charge in [-0.3, -0.25) is 9.69 Å². The maximum atomic E-state index is 12.5. The molecule has 1 aromatic carbocycles. The van der Waals surface area contributed by atoms with Gasteiger partial charge in [-0.25, -0.2) is 4.98 Å². The number of rotatable bonds is 4. The van der Waals surface area contributed by atoms with Crippen LogP contribution in [0.5, 0.6) is 0 Å². The molecule has 1 saturated heterocycles. The van der Waals surface area contributed by atoms with Gasteiger partial charge < -0.3 is 15.0 Å². The summed E-state index contributed by atoms with van der Waals surface area (Å²) in [6.07, 6.45) is 1.69. The maximum Gasteiger partial charge on any atom is 0.255 e. The Kier molecular flexibility index (Phi) is 4.73. The zero-order valence-corrected chi connectivity index (χ0v) is 14.8. The lowest BCUT2D eigenvalue weighted by Gasteiger charge is -2.25. The minimum Gasteiger partial charge on any atom is -0.379 e. The zero-order valence-electron chi connectivity index (χ0n) is 14.8. The zero-order chi connectivity index (χ0) is 17.9. The summed E-state index contributed by atoms with van der Waals surface area (Å²) >= 11 is 0. The van der Waals surface area contributed by atoms with Gasteiger partial charge in [0.25, 0.3) is 5.91 Å². The highest BCUT2D eigenvalue weighted by molar-refractivity contribution is 6.37. The number of hydrogen-bond acceptors (Lipinski definition) is 4. The summed E-state index contributed by atoms with van der Waals surface area (Å²) in [5.74, 6) is -0.117. The topological polar surface area (TPSA) is 70.2 Å². The molecule has 1 aliphatic rings. The molecule has 0 atom stereocenters. The number of H-pyrrole nitrogens is 1. The van der Waals surface area contributed by atoms with Gasteiger partial charge >= 0.3 is 0 Å². The van der Waals surface area contributed by atoms with Crippen molar-refractivity contribution in [1.82, 2.24) is 14.9 Å². The Bertz CT molecular complexity index is 934. The fourth-order valence-corrected chi connectivity index (χ4v) is 3.25. The first-order valence-corrected chi connectivity index (χ1v) is 8.84. The number of aromatic nitrogens is 2. The third-order valence-corrected chi connectivity index (χ3v) is 4.67. The second kappa shape index (κ2) is 7.31. The second-order valence-corrected chi connectivity index (χ2v) is 6.61. The Labute approximate surface area is 153 Å². The fraction of sp³-hybridized carbons (Fsp3) is 0.263. The largest absolute Gasteiger partial charge is 0.379 e. The first-order chi connectivity index (χ1) is 12.7. The molecule has 7 heteroatoms. The molecule has 132 valence electrons. The lowest BCUT2D eigenvalue weighted by molar-refractivity contribution is 0.0337. The van der Waals surface area contributed by atoms with E-state index in [4.69, 9.17) is 4.74 Å². The number of amides is 1. The van der Waals surface area contributed by atoms with Gasteiger partial charge in [0.05, 0.1) is 25.1 Å². The van der Waals surface area contributed by atoms with Crippen LogP contribution in [0.15, 0.2) is 42.6 Å². The molecule has 1 aliphatic heterocycles. The molecule has 2 aromatic heterocycles. The molecule has 0 bridgehead atoms. The Morgan fingerprint density at radius 1 is 1.27 bits per heavy atom. The van der Waals surface area contributed by atoms with Crippen LogP contribution in [-0.4, -0.2) is 54.9 Å². The molecule has 3 heterocycles. The summed E-state index contributed by atoms with van der Waals surface area (Å²) in [5, 5.41) is 3.94. The summed E-state index contributed by atoms with van der Waals surface area (Å²) in [5.41, 5.74) is 4.28. The first kappa shape index (κ1) is 16.8. The van der Waals surface area contributed by atoms with E-state index in [9.17, 15) is 4.79 Å². The number of carbonyl (C=O) groups is 1. The highest BCUT2D eigenvalue weighted by Gasteiger charge is 2.13. The average molecular weight is 348 g/mol. The van der Waals surface area contributed by atoms with Crippen molar-refractivity contribution in [3.63, 3.8) is 0 Å². The van der Waals surface area contributed by atoms with Crippen LogP contribution in [0.2, 0.25) is 0 Å². The molecule has 3 aromatic rings. The summed E-state index contributed by atoms with van der Waals surface area (Å²) in [6, 6.07) is 11.6. The Hall–Kier alpha value is -2.64. The average Bonchev–Trinajstić information content (AvgIpc) is 3.04. The molecule has 0 radical (unpaired) electrons. The van der Waals surface area contributed by atoms with Crippen molar-refractivity contribution in [3.8, 4) is 0 Å². The number of fused-ring (bicyclic) bond motifs is 1. The van der Waals surface area contributed by atoms with Crippen LogP contribution in [0.3, 0.4) is 0 Å². The number of aromatic amines is 1.